The van der Waals surface area contributed by atoms with Crippen LogP contribution in [-0.2, 0) is 9.59 Å². The Balaban J connectivity index is 1.89. The highest BCUT2D eigenvalue weighted by Gasteiger charge is 2.33. The molecule has 0 atom stereocenters. The molecule has 1 heterocycles. The van der Waals surface area contributed by atoms with Crippen molar-refractivity contribution in [2.75, 3.05) is 11.5 Å². The third-order valence-corrected chi connectivity index (χ3v) is 4.88. The van der Waals surface area contributed by atoms with E-state index in [9.17, 15) is 9.59 Å². The highest BCUT2D eigenvalue weighted by molar-refractivity contribution is 9.10. The predicted molar refractivity (Wildman–Crippen MR) is 104 cm³/mol. The van der Waals surface area contributed by atoms with Gasteiger partial charge in [0.15, 0.2) is 11.8 Å². The minimum atomic E-state index is -1.08. The Hall–Kier alpha value is -2.58. The van der Waals surface area contributed by atoms with E-state index < -0.39 is 12.6 Å². The first-order valence-electron chi connectivity index (χ1n) is 7.47. The van der Waals surface area contributed by atoms with Crippen molar-refractivity contribution >= 4 is 56.5 Å². The van der Waals surface area contributed by atoms with E-state index in [0.29, 0.717) is 21.9 Å². The van der Waals surface area contributed by atoms with Gasteiger partial charge in [-0.1, -0.05) is 34.1 Å². The third kappa shape index (κ3) is 3.97. The van der Waals surface area contributed by atoms with Gasteiger partial charge in [0.05, 0.1) is 10.6 Å². The third-order valence-electron chi connectivity index (χ3n) is 3.47. The molecule has 1 aliphatic heterocycles. The van der Waals surface area contributed by atoms with Gasteiger partial charge in [-0.15, -0.1) is 0 Å². The van der Waals surface area contributed by atoms with Gasteiger partial charge >= 0.3 is 5.97 Å². The van der Waals surface area contributed by atoms with Crippen molar-refractivity contribution in [2.24, 2.45) is 0 Å². The molecular weight excluding hydrogens is 420 g/mol. The Morgan fingerprint density at radius 1 is 1.23 bits per heavy atom. The van der Waals surface area contributed by atoms with Crippen molar-refractivity contribution in [1.29, 1.82) is 5.41 Å². The standard InChI is InChI=1S/C18H13BrN2O4S/c19-12-5-7-13(8-6-12)21-17(24)15(26-18(21)20)9-11-3-1-2-4-14(11)25-10-16(22)23/h1-9,20H,10H2,(H,22,23)/b15-9-,20-18?. The number of rotatable bonds is 5. The molecule has 1 saturated heterocycles. The van der Waals surface area contributed by atoms with Crippen LogP contribution in [-0.4, -0.2) is 28.8 Å². The molecule has 1 fully saturated rings. The quantitative estimate of drug-likeness (QED) is 0.697. The van der Waals surface area contributed by atoms with Crippen molar-refractivity contribution in [3.05, 3.63) is 63.5 Å². The average molecular weight is 433 g/mol. The maximum Gasteiger partial charge on any atom is 0.341 e. The number of halogens is 1. The molecule has 0 aromatic heterocycles. The van der Waals surface area contributed by atoms with E-state index in [1.165, 1.54) is 4.90 Å². The minimum Gasteiger partial charge on any atom is -0.481 e. The van der Waals surface area contributed by atoms with Gasteiger partial charge in [0.25, 0.3) is 5.91 Å². The fraction of sp³-hybridized carbons (Fsp3) is 0.0556. The van der Waals surface area contributed by atoms with Crippen molar-refractivity contribution in [3.8, 4) is 5.75 Å². The van der Waals surface area contributed by atoms with Gasteiger partial charge in [-0.05, 0) is 48.2 Å². The summed E-state index contributed by atoms with van der Waals surface area (Å²) in [6, 6.07) is 14.0. The van der Waals surface area contributed by atoms with Crippen molar-refractivity contribution in [3.63, 3.8) is 0 Å². The van der Waals surface area contributed by atoms with Crippen LogP contribution in [0.4, 0.5) is 5.69 Å². The number of nitrogens with zero attached hydrogens (tertiary/aromatic N) is 1. The molecule has 0 unspecified atom stereocenters. The van der Waals surface area contributed by atoms with Crippen molar-refractivity contribution in [2.45, 2.75) is 0 Å². The number of para-hydroxylation sites is 1. The van der Waals surface area contributed by atoms with Gasteiger partial charge in [0, 0.05) is 10.0 Å². The van der Waals surface area contributed by atoms with Crippen LogP contribution in [0.25, 0.3) is 6.08 Å². The number of aliphatic carboxylic acids is 1. The number of thioether (sulfide) groups is 1. The zero-order valence-electron chi connectivity index (χ0n) is 13.3. The Bertz CT molecular complexity index is 912. The van der Waals surface area contributed by atoms with Crippen LogP contribution in [0.5, 0.6) is 5.75 Å². The van der Waals surface area contributed by atoms with E-state index in [1.807, 2.05) is 0 Å². The number of benzene rings is 2. The van der Waals surface area contributed by atoms with Crippen LogP contribution in [0, 0.1) is 5.41 Å². The lowest BCUT2D eigenvalue weighted by molar-refractivity contribution is -0.139. The molecule has 26 heavy (non-hydrogen) atoms. The number of carbonyl (C=O) groups is 2. The van der Waals surface area contributed by atoms with Gasteiger partial charge in [-0.25, -0.2) is 4.79 Å². The Morgan fingerprint density at radius 3 is 2.62 bits per heavy atom. The first kappa shape index (κ1) is 18.2. The lowest BCUT2D eigenvalue weighted by Crippen LogP contribution is -2.27. The second kappa shape index (κ2) is 7.76. The number of carbonyl (C=O) groups excluding carboxylic acids is 1. The average Bonchev–Trinajstić information content (AvgIpc) is 2.89. The van der Waals surface area contributed by atoms with E-state index in [-0.39, 0.29) is 11.1 Å². The Morgan fingerprint density at radius 2 is 1.92 bits per heavy atom. The summed E-state index contributed by atoms with van der Waals surface area (Å²) in [5, 5.41) is 17.0. The highest BCUT2D eigenvalue weighted by atomic mass is 79.9. The van der Waals surface area contributed by atoms with E-state index in [2.05, 4.69) is 15.9 Å². The molecule has 2 aromatic carbocycles. The highest BCUT2D eigenvalue weighted by Crippen LogP contribution is 2.36. The largest absolute Gasteiger partial charge is 0.481 e. The Kier molecular flexibility index (Phi) is 5.43. The maximum atomic E-state index is 12.7. The smallest absolute Gasteiger partial charge is 0.341 e. The molecule has 0 aliphatic carbocycles. The van der Waals surface area contributed by atoms with Crippen LogP contribution >= 0.6 is 27.7 Å². The number of ether oxygens (including phenoxy) is 1. The van der Waals surface area contributed by atoms with E-state index in [1.54, 1.807) is 54.6 Å². The Labute approximate surface area is 162 Å². The fourth-order valence-electron chi connectivity index (χ4n) is 2.32. The number of carboxylic acids is 1. The summed E-state index contributed by atoms with van der Waals surface area (Å²) >= 11 is 4.39. The fourth-order valence-corrected chi connectivity index (χ4v) is 3.44. The lowest BCUT2D eigenvalue weighted by atomic mass is 10.2. The molecule has 6 nitrogen and oxygen atoms in total. The molecular formula is C18H13BrN2O4S. The maximum absolute atomic E-state index is 12.7. The van der Waals surface area contributed by atoms with Crippen LogP contribution in [0.15, 0.2) is 57.9 Å². The van der Waals surface area contributed by atoms with Gasteiger partial charge < -0.3 is 9.84 Å². The molecule has 1 amide bonds. The zero-order valence-corrected chi connectivity index (χ0v) is 15.7. The minimum absolute atomic E-state index is 0.104. The number of anilines is 1. The molecule has 0 bridgehead atoms. The zero-order chi connectivity index (χ0) is 18.7. The molecule has 2 N–H and O–H groups in total. The molecule has 1 aliphatic rings. The molecule has 3 rings (SSSR count). The van der Waals surface area contributed by atoms with Gasteiger partial charge in [-0.3, -0.25) is 15.1 Å². The van der Waals surface area contributed by atoms with Crippen LogP contribution in [0.3, 0.4) is 0 Å². The van der Waals surface area contributed by atoms with E-state index in [0.717, 1.165) is 16.2 Å². The summed E-state index contributed by atoms with van der Waals surface area (Å²) in [6.07, 6.45) is 1.61. The van der Waals surface area contributed by atoms with Crippen molar-refractivity contribution < 1.29 is 19.4 Å². The summed E-state index contributed by atoms with van der Waals surface area (Å²) < 4.78 is 6.14. The second-order valence-corrected chi connectivity index (χ2v) is 7.20. The predicted octanol–water partition coefficient (Wildman–Crippen LogP) is 3.97. The van der Waals surface area contributed by atoms with Crippen LogP contribution in [0.1, 0.15) is 5.56 Å². The molecule has 2 aromatic rings. The van der Waals surface area contributed by atoms with Crippen LogP contribution < -0.4 is 9.64 Å². The number of amidine groups is 1. The van der Waals surface area contributed by atoms with Gasteiger partial charge in [0.2, 0.25) is 0 Å². The van der Waals surface area contributed by atoms with E-state index in [4.69, 9.17) is 15.3 Å². The topological polar surface area (TPSA) is 90.7 Å². The summed E-state index contributed by atoms with van der Waals surface area (Å²) in [4.78, 5) is 25.1. The normalized spacial score (nSPS) is 15.6. The molecule has 8 heteroatoms. The molecule has 132 valence electrons. The summed E-state index contributed by atoms with van der Waals surface area (Å²) in [6.45, 7) is -0.470. The SMILES string of the molecule is N=C1S/C(=C\c2ccccc2OCC(=O)O)C(=O)N1c1ccc(Br)cc1. The summed E-state index contributed by atoms with van der Waals surface area (Å²) in [5.74, 6) is -1.03. The van der Waals surface area contributed by atoms with Gasteiger partial charge in [-0.2, -0.15) is 0 Å². The molecule has 0 radical (unpaired) electrons. The number of carboxylic acid groups (broad SMARTS) is 1. The monoisotopic (exact) mass is 432 g/mol. The summed E-state index contributed by atoms with van der Waals surface area (Å²) in [5.41, 5.74) is 1.18. The van der Waals surface area contributed by atoms with Crippen LogP contribution in [0.2, 0.25) is 0 Å². The van der Waals surface area contributed by atoms with Crippen molar-refractivity contribution in [1.82, 2.24) is 0 Å². The first-order chi connectivity index (χ1) is 12.5. The number of nitrogens with one attached hydrogen (secondary N) is 1. The lowest BCUT2D eigenvalue weighted by Gasteiger charge is -2.14. The summed E-state index contributed by atoms with van der Waals surface area (Å²) in [7, 11) is 0. The number of hydrogen-bond donors (Lipinski definition) is 2. The molecule has 0 spiro atoms. The number of hydrogen-bond acceptors (Lipinski definition) is 5. The second-order valence-electron chi connectivity index (χ2n) is 5.25. The van der Waals surface area contributed by atoms with Gasteiger partial charge in [0.1, 0.15) is 5.75 Å². The first-order valence-corrected chi connectivity index (χ1v) is 9.08. The molecule has 0 saturated carbocycles. The number of amides is 1. The van der Waals surface area contributed by atoms with E-state index >= 15 is 0 Å².